The van der Waals surface area contributed by atoms with Crippen LogP contribution < -0.4 is 11.1 Å². The Hall–Kier alpha value is -1.56. The van der Waals surface area contributed by atoms with Crippen LogP contribution in [-0.2, 0) is 11.2 Å². The van der Waals surface area contributed by atoms with Gasteiger partial charge in [0.1, 0.15) is 0 Å². The molecule has 6 heteroatoms. The summed E-state index contributed by atoms with van der Waals surface area (Å²) in [4.78, 5) is 11.4. The van der Waals surface area contributed by atoms with E-state index in [9.17, 15) is 18.0 Å². The van der Waals surface area contributed by atoms with Gasteiger partial charge in [0.15, 0.2) is 5.54 Å². The minimum Gasteiger partial charge on any atom is -0.354 e. The van der Waals surface area contributed by atoms with Gasteiger partial charge in [-0.2, -0.15) is 13.2 Å². The summed E-state index contributed by atoms with van der Waals surface area (Å²) in [7, 11) is 0. The molecule has 19 heavy (non-hydrogen) atoms. The van der Waals surface area contributed by atoms with Crippen molar-refractivity contribution in [2.45, 2.75) is 32.0 Å². The lowest BCUT2D eigenvalue weighted by Gasteiger charge is -2.26. The molecule has 0 saturated carbocycles. The van der Waals surface area contributed by atoms with Gasteiger partial charge in [-0.15, -0.1) is 0 Å². The fraction of sp³-hybridized carbons (Fsp3) is 0.462. The quantitative estimate of drug-likeness (QED) is 0.881. The van der Waals surface area contributed by atoms with Gasteiger partial charge in [0, 0.05) is 6.54 Å². The fourth-order valence-corrected chi connectivity index (χ4v) is 1.50. The number of hydrogen-bond acceptors (Lipinski definition) is 2. The zero-order chi connectivity index (χ0) is 14.7. The number of nitrogens with one attached hydrogen (secondary N) is 1. The Kier molecular flexibility index (Phi) is 4.57. The predicted octanol–water partition coefficient (Wildman–Crippen LogP) is 1.93. The Morgan fingerprint density at radius 1 is 1.37 bits per heavy atom. The minimum absolute atomic E-state index is 0.116. The monoisotopic (exact) mass is 274 g/mol. The highest BCUT2D eigenvalue weighted by molar-refractivity contribution is 5.86. The van der Waals surface area contributed by atoms with Crippen LogP contribution in [0.25, 0.3) is 0 Å². The average molecular weight is 274 g/mol. The van der Waals surface area contributed by atoms with Crippen LogP contribution in [0.2, 0.25) is 0 Å². The van der Waals surface area contributed by atoms with Gasteiger partial charge in [0.25, 0.3) is 0 Å². The van der Waals surface area contributed by atoms with E-state index in [0.717, 1.165) is 11.1 Å². The van der Waals surface area contributed by atoms with Crippen LogP contribution in [-0.4, -0.2) is 24.2 Å². The van der Waals surface area contributed by atoms with Crippen LogP contribution in [0.3, 0.4) is 0 Å². The van der Waals surface area contributed by atoms with E-state index >= 15 is 0 Å². The van der Waals surface area contributed by atoms with E-state index in [1.807, 2.05) is 31.2 Å². The molecule has 0 fully saturated rings. The van der Waals surface area contributed by atoms with Crippen molar-refractivity contribution >= 4 is 5.91 Å². The van der Waals surface area contributed by atoms with Gasteiger partial charge in [0.2, 0.25) is 5.91 Å². The summed E-state index contributed by atoms with van der Waals surface area (Å²) in [5, 5.41) is 2.21. The van der Waals surface area contributed by atoms with Crippen LogP contribution in [0, 0.1) is 6.92 Å². The highest BCUT2D eigenvalue weighted by atomic mass is 19.4. The number of carbonyl (C=O) groups excluding carboxylic acids is 1. The van der Waals surface area contributed by atoms with Crippen LogP contribution in [0.1, 0.15) is 18.1 Å². The molecule has 1 atom stereocenters. The number of benzene rings is 1. The number of hydrogen-bond donors (Lipinski definition) is 2. The molecular formula is C13H17F3N2O. The molecular weight excluding hydrogens is 257 g/mol. The Morgan fingerprint density at radius 2 is 2.00 bits per heavy atom. The summed E-state index contributed by atoms with van der Waals surface area (Å²) < 4.78 is 37.5. The predicted molar refractivity (Wildman–Crippen MR) is 66.5 cm³/mol. The fourth-order valence-electron chi connectivity index (χ4n) is 1.50. The second kappa shape index (κ2) is 5.61. The Labute approximate surface area is 110 Å². The SMILES string of the molecule is Cc1cccc(CCNC(=O)C(C)(N)C(F)(F)F)c1. The molecule has 0 aliphatic carbocycles. The molecule has 0 bridgehead atoms. The Bertz CT molecular complexity index is 455. The van der Waals surface area contributed by atoms with Gasteiger partial charge in [0.05, 0.1) is 0 Å². The average Bonchev–Trinajstić information content (AvgIpc) is 2.27. The third kappa shape index (κ3) is 3.96. The van der Waals surface area contributed by atoms with Crippen LogP contribution in [0.15, 0.2) is 24.3 Å². The number of alkyl halides is 3. The molecule has 1 rings (SSSR count). The highest BCUT2D eigenvalue weighted by Crippen LogP contribution is 2.27. The van der Waals surface area contributed by atoms with Gasteiger partial charge in [-0.3, -0.25) is 4.79 Å². The lowest BCUT2D eigenvalue weighted by atomic mass is 10.0. The zero-order valence-corrected chi connectivity index (χ0v) is 10.8. The van der Waals surface area contributed by atoms with E-state index in [2.05, 4.69) is 5.32 Å². The van der Waals surface area contributed by atoms with E-state index in [-0.39, 0.29) is 6.54 Å². The summed E-state index contributed by atoms with van der Waals surface area (Å²) in [6.45, 7) is 2.70. The minimum atomic E-state index is -4.76. The smallest absolute Gasteiger partial charge is 0.354 e. The number of amides is 1. The summed E-state index contributed by atoms with van der Waals surface area (Å²) in [6, 6.07) is 7.54. The number of carbonyl (C=O) groups is 1. The molecule has 0 aromatic heterocycles. The molecule has 0 heterocycles. The lowest BCUT2D eigenvalue weighted by molar-refractivity contribution is -0.187. The van der Waals surface area contributed by atoms with Gasteiger partial charge in [-0.1, -0.05) is 29.8 Å². The largest absolute Gasteiger partial charge is 0.415 e. The van der Waals surface area contributed by atoms with Crippen molar-refractivity contribution in [3.05, 3.63) is 35.4 Å². The Morgan fingerprint density at radius 3 is 2.53 bits per heavy atom. The molecule has 3 N–H and O–H groups in total. The summed E-state index contributed by atoms with van der Waals surface area (Å²) in [5.41, 5.74) is 4.15. The van der Waals surface area contributed by atoms with Gasteiger partial charge in [-0.05, 0) is 25.8 Å². The maximum Gasteiger partial charge on any atom is 0.415 e. The van der Waals surface area contributed by atoms with E-state index in [0.29, 0.717) is 13.3 Å². The van der Waals surface area contributed by atoms with Crippen LogP contribution >= 0.6 is 0 Å². The van der Waals surface area contributed by atoms with Crippen molar-refractivity contribution < 1.29 is 18.0 Å². The standard InChI is InChI=1S/C13H17F3N2O/c1-9-4-3-5-10(8-9)6-7-18-11(19)12(2,17)13(14,15)16/h3-5,8H,6-7,17H2,1-2H3,(H,18,19). The molecule has 0 radical (unpaired) electrons. The third-order valence-corrected chi connectivity index (χ3v) is 2.84. The summed E-state index contributed by atoms with van der Waals surface area (Å²) >= 11 is 0. The molecule has 1 aromatic carbocycles. The number of rotatable bonds is 4. The van der Waals surface area contributed by atoms with Crippen molar-refractivity contribution in [2.24, 2.45) is 5.73 Å². The van der Waals surface area contributed by atoms with E-state index in [1.165, 1.54) is 0 Å². The molecule has 0 aliphatic rings. The summed E-state index contributed by atoms with van der Waals surface area (Å²) in [5.74, 6) is -1.22. The first-order chi connectivity index (χ1) is 8.64. The topological polar surface area (TPSA) is 55.1 Å². The maximum absolute atomic E-state index is 12.5. The van der Waals surface area contributed by atoms with Crippen molar-refractivity contribution in [3.8, 4) is 0 Å². The van der Waals surface area contributed by atoms with Gasteiger partial charge in [-0.25, -0.2) is 0 Å². The van der Waals surface area contributed by atoms with Crippen molar-refractivity contribution in [3.63, 3.8) is 0 Å². The van der Waals surface area contributed by atoms with Crippen molar-refractivity contribution in [1.82, 2.24) is 5.32 Å². The van der Waals surface area contributed by atoms with E-state index < -0.39 is 17.6 Å². The van der Waals surface area contributed by atoms with Crippen molar-refractivity contribution in [1.29, 1.82) is 0 Å². The third-order valence-electron chi connectivity index (χ3n) is 2.84. The molecule has 3 nitrogen and oxygen atoms in total. The molecule has 1 aromatic rings. The number of aryl methyl sites for hydroxylation is 1. The number of nitrogens with two attached hydrogens (primary N) is 1. The molecule has 0 spiro atoms. The molecule has 106 valence electrons. The molecule has 0 aliphatic heterocycles. The normalized spacial score (nSPS) is 14.8. The van der Waals surface area contributed by atoms with E-state index in [1.54, 1.807) is 0 Å². The zero-order valence-electron chi connectivity index (χ0n) is 10.8. The lowest BCUT2D eigenvalue weighted by Crippen LogP contribution is -2.61. The van der Waals surface area contributed by atoms with E-state index in [4.69, 9.17) is 5.73 Å². The van der Waals surface area contributed by atoms with Gasteiger partial charge >= 0.3 is 6.18 Å². The molecule has 0 saturated heterocycles. The molecule has 1 unspecified atom stereocenters. The Balaban J connectivity index is 2.52. The van der Waals surface area contributed by atoms with Gasteiger partial charge < -0.3 is 11.1 Å². The first-order valence-corrected chi connectivity index (χ1v) is 5.84. The van der Waals surface area contributed by atoms with Crippen LogP contribution in [0.5, 0.6) is 0 Å². The first-order valence-electron chi connectivity index (χ1n) is 5.84. The molecule has 1 amide bonds. The summed E-state index contributed by atoms with van der Waals surface area (Å²) in [6.07, 6.45) is -4.30. The highest BCUT2D eigenvalue weighted by Gasteiger charge is 2.53. The van der Waals surface area contributed by atoms with Crippen molar-refractivity contribution in [2.75, 3.05) is 6.54 Å². The number of halogens is 3. The maximum atomic E-state index is 12.5. The first kappa shape index (κ1) is 15.5. The van der Waals surface area contributed by atoms with Crippen LogP contribution in [0.4, 0.5) is 13.2 Å². The second-order valence-electron chi connectivity index (χ2n) is 4.70. The second-order valence-corrected chi connectivity index (χ2v) is 4.70.